The van der Waals surface area contributed by atoms with Crippen LogP contribution in [0.1, 0.15) is 33.6 Å². The Morgan fingerprint density at radius 1 is 1.04 bits per heavy atom. The van der Waals surface area contributed by atoms with E-state index in [9.17, 15) is 9.59 Å². The summed E-state index contributed by atoms with van der Waals surface area (Å²) in [5.41, 5.74) is 7.70. The lowest BCUT2D eigenvalue weighted by atomic mass is 9.98. The molecule has 7 heteroatoms. The molecule has 1 heterocycles. The predicted octanol–water partition coefficient (Wildman–Crippen LogP) is 3.82. The minimum atomic E-state index is -0.271. The summed E-state index contributed by atoms with van der Waals surface area (Å²) in [5.74, 6) is 0.570. The molecule has 2 amide bonds. The van der Waals surface area contributed by atoms with E-state index in [4.69, 9.17) is 17.3 Å². The molecule has 0 radical (unpaired) electrons. The molecule has 2 aliphatic rings. The SMILES string of the molecule is Cl.NC1CCC2CN(C(=O)c3ccccc3NC(=O)c3ccc(Cl)cc3)CC12. The van der Waals surface area contributed by atoms with Gasteiger partial charge < -0.3 is 16.0 Å². The number of amides is 2. The van der Waals surface area contributed by atoms with Gasteiger partial charge in [-0.2, -0.15) is 0 Å². The molecule has 148 valence electrons. The molecule has 1 aliphatic carbocycles. The second-order valence-electron chi connectivity index (χ2n) is 7.38. The standard InChI is InChI=1S/C21H22ClN3O2.ClH/c22-15-8-5-13(6-9-15)20(26)24-19-4-2-1-3-16(19)21(27)25-11-14-7-10-18(23)17(14)12-25;/h1-6,8-9,14,17-18H,7,10-12,23H2,(H,24,26);1H. The number of nitrogens with one attached hydrogen (secondary N) is 1. The zero-order valence-corrected chi connectivity index (χ0v) is 16.9. The molecule has 2 aromatic rings. The van der Waals surface area contributed by atoms with Crippen LogP contribution >= 0.6 is 24.0 Å². The number of likely N-dealkylation sites (tertiary alicyclic amines) is 1. The number of hydrogen-bond acceptors (Lipinski definition) is 3. The van der Waals surface area contributed by atoms with Crippen LogP contribution in [0.2, 0.25) is 5.02 Å². The van der Waals surface area contributed by atoms with Crippen molar-refractivity contribution in [3.05, 3.63) is 64.7 Å². The minimum absolute atomic E-state index is 0. The fourth-order valence-electron chi connectivity index (χ4n) is 4.22. The molecule has 2 aromatic carbocycles. The first-order valence-electron chi connectivity index (χ1n) is 9.24. The molecule has 0 bridgehead atoms. The van der Waals surface area contributed by atoms with E-state index in [2.05, 4.69) is 5.32 Å². The third-order valence-corrected chi connectivity index (χ3v) is 5.96. The van der Waals surface area contributed by atoms with Crippen molar-refractivity contribution in [2.24, 2.45) is 17.6 Å². The first-order valence-corrected chi connectivity index (χ1v) is 9.61. The van der Waals surface area contributed by atoms with Crippen molar-refractivity contribution in [2.45, 2.75) is 18.9 Å². The van der Waals surface area contributed by atoms with Crippen molar-refractivity contribution in [1.82, 2.24) is 4.90 Å². The predicted molar refractivity (Wildman–Crippen MR) is 113 cm³/mol. The molecular formula is C21H23Cl2N3O2. The Morgan fingerprint density at radius 3 is 2.46 bits per heavy atom. The van der Waals surface area contributed by atoms with E-state index in [0.29, 0.717) is 40.2 Å². The molecule has 0 spiro atoms. The summed E-state index contributed by atoms with van der Waals surface area (Å²) >= 11 is 5.88. The van der Waals surface area contributed by atoms with Crippen LogP contribution in [0.4, 0.5) is 5.69 Å². The third-order valence-electron chi connectivity index (χ3n) is 5.71. The maximum absolute atomic E-state index is 13.1. The quantitative estimate of drug-likeness (QED) is 0.793. The minimum Gasteiger partial charge on any atom is -0.338 e. The van der Waals surface area contributed by atoms with Crippen LogP contribution in [0.25, 0.3) is 0 Å². The number of nitrogens with zero attached hydrogens (tertiary/aromatic N) is 1. The topological polar surface area (TPSA) is 75.4 Å². The number of benzene rings is 2. The summed E-state index contributed by atoms with van der Waals surface area (Å²) in [4.78, 5) is 27.5. The van der Waals surface area contributed by atoms with E-state index in [1.807, 2.05) is 17.0 Å². The van der Waals surface area contributed by atoms with Crippen LogP contribution in [0.5, 0.6) is 0 Å². The zero-order valence-electron chi connectivity index (χ0n) is 15.3. The summed E-state index contributed by atoms with van der Waals surface area (Å²) in [6.07, 6.45) is 2.13. The lowest BCUT2D eigenvalue weighted by Crippen LogP contribution is -2.34. The molecule has 0 aromatic heterocycles. The molecule has 28 heavy (non-hydrogen) atoms. The van der Waals surface area contributed by atoms with Gasteiger partial charge in [-0.3, -0.25) is 9.59 Å². The lowest BCUT2D eigenvalue weighted by Gasteiger charge is -2.20. The fourth-order valence-corrected chi connectivity index (χ4v) is 4.34. The summed E-state index contributed by atoms with van der Waals surface area (Å²) in [6.45, 7) is 1.45. The van der Waals surface area contributed by atoms with Gasteiger partial charge in [0.05, 0.1) is 11.3 Å². The highest BCUT2D eigenvalue weighted by Gasteiger charge is 2.42. The zero-order chi connectivity index (χ0) is 19.0. The highest BCUT2D eigenvalue weighted by Crippen LogP contribution is 2.38. The van der Waals surface area contributed by atoms with E-state index in [1.165, 1.54) is 0 Å². The highest BCUT2D eigenvalue weighted by molar-refractivity contribution is 6.30. The van der Waals surface area contributed by atoms with Gasteiger partial charge in [-0.25, -0.2) is 0 Å². The van der Waals surface area contributed by atoms with Gasteiger partial charge in [-0.15, -0.1) is 12.4 Å². The van der Waals surface area contributed by atoms with Gasteiger partial charge in [0.25, 0.3) is 11.8 Å². The van der Waals surface area contributed by atoms with Crippen LogP contribution < -0.4 is 11.1 Å². The van der Waals surface area contributed by atoms with Crippen LogP contribution in [0.3, 0.4) is 0 Å². The van der Waals surface area contributed by atoms with E-state index >= 15 is 0 Å². The Kier molecular flexibility index (Phi) is 6.28. The first kappa shape index (κ1) is 20.6. The van der Waals surface area contributed by atoms with Gasteiger partial charge in [0.2, 0.25) is 0 Å². The average molecular weight is 420 g/mol. The van der Waals surface area contributed by atoms with Gasteiger partial charge in [0.15, 0.2) is 0 Å². The van der Waals surface area contributed by atoms with Crippen molar-refractivity contribution >= 4 is 41.5 Å². The Balaban J connectivity index is 0.00000225. The highest BCUT2D eigenvalue weighted by atomic mass is 35.5. The number of halogens is 2. The van der Waals surface area contributed by atoms with Crippen LogP contribution in [0.15, 0.2) is 48.5 Å². The summed E-state index contributed by atoms with van der Waals surface area (Å²) in [7, 11) is 0. The lowest BCUT2D eigenvalue weighted by molar-refractivity contribution is 0.0780. The van der Waals surface area contributed by atoms with Crippen LogP contribution in [-0.4, -0.2) is 35.8 Å². The number of hydrogen-bond donors (Lipinski definition) is 2. The van der Waals surface area contributed by atoms with E-state index < -0.39 is 0 Å². The van der Waals surface area contributed by atoms with Crippen molar-refractivity contribution < 1.29 is 9.59 Å². The Labute approximate surface area is 175 Å². The average Bonchev–Trinajstić information content (AvgIpc) is 3.24. The van der Waals surface area contributed by atoms with Crippen molar-refractivity contribution in [1.29, 1.82) is 0 Å². The number of fused-ring (bicyclic) bond motifs is 1. The maximum Gasteiger partial charge on any atom is 0.255 e. The number of carbonyl (C=O) groups is 2. The number of para-hydroxylation sites is 1. The van der Waals surface area contributed by atoms with Crippen molar-refractivity contribution in [3.63, 3.8) is 0 Å². The van der Waals surface area contributed by atoms with Crippen LogP contribution in [-0.2, 0) is 0 Å². The second kappa shape index (κ2) is 8.52. The van der Waals surface area contributed by atoms with E-state index in [0.717, 1.165) is 19.4 Å². The number of anilines is 1. The van der Waals surface area contributed by atoms with Gasteiger partial charge in [-0.1, -0.05) is 23.7 Å². The maximum atomic E-state index is 13.1. The summed E-state index contributed by atoms with van der Waals surface area (Å²) in [5, 5.41) is 3.42. The van der Waals surface area contributed by atoms with Gasteiger partial charge in [0.1, 0.15) is 0 Å². The van der Waals surface area contributed by atoms with Gasteiger partial charge in [0, 0.05) is 29.7 Å². The normalized spacial score (nSPS) is 23.1. The molecule has 4 rings (SSSR count). The molecule has 1 saturated carbocycles. The monoisotopic (exact) mass is 419 g/mol. The van der Waals surface area contributed by atoms with Gasteiger partial charge in [-0.05, 0) is 61.1 Å². The second-order valence-corrected chi connectivity index (χ2v) is 7.82. The largest absolute Gasteiger partial charge is 0.338 e. The van der Waals surface area contributed by atoms with Crippen molar-refractivity contribution in [3.8, 4) is 0 Å². The molecule has 2 fully saturated rings. The van der Waals surface area contributed by atoms with Crippen LogP contribution in [0, 0.1) is 11.8 Å². The Bertz CT molecular complexity index is 872. The van der Waals surface area contributed by atoms with Crippen molar-refractivity contribution in [2.75, 3.05) is 18.4 Å². The Morgan fingerprint density at radius 2 is 1.75 bits per heavy atom. The first-order chi connectivity index (χ1) is 13.0. The molecule has 5 nitrogen and oxygen atoms in total. The molecule has 3 atom stereocenters. The third kappa shape index (κ3) is 4.02. The fraction of sp³-hybridized carbons (Fsp3) is 0.333. The number of nitrogens with two attached hydrogens (primary N) is 1. The number of rotatable bonds is 3. The van der Waals surface area contributed by atoms with E-state index in [-0.39, 0.29) is 30.3 Å². The molecule has 3 unspecified atom stereocenters. The molecule has 3 N–H and O–H groups in total. The van der Waals surface area contributed by atoms with Gasteiger partial charge >= 0.3 is 0 Å². The molecular weight excluding hydrogens is 397 g/mol. The smallest absolute Gasteiger partial charge is 0.255 e. The number of carbonyl (C=O) groups excluding carboxylic acids is 2. The Hall–Kier alpha value is -2.08. The summed E-state index contributed by atoms with van der Waals surface area (Å²) in [6, 6.07) is 14.0. The molecule has 1 aliphatic heterocycles. The molecule has 1 saturated heterocycles. The summed E-state index contributed by atoms with van der Waals surface area (Å²) < 4.78 is 0. The van der Waals surface area contributed by atoms with E-state index in [1.54, 1.807) is 36.4 Å².